The predicted octanol–water partition coefficient (Wildman–Crippen LogP) is 1.88. The van der Waals surface area contributed by atoms with Gasteiger partial charge in [0.25, 0.3) is 5.91 Å². The third kappa shape index (κ3) is 3.83. The van der Waals surface area contributed by atoms with Gasteiger partial charge < -0.3 is 10.6 Å². The first-order valence-corrected chi connectivity index (χ1v) is 7.96. The fourth-order valence-electron chi connectivity index (χ4n) is 3.06. The number of hydrogen-bond acceptors (Lipinski definition) is 3. The van der Waals surface area contributed by atoms with Crippen molar-refractivity contribution < 1.29 is 4.79 Å². The van der Waals surface area contributed by atoms with Crippen LogP contribution in [0.4, 0.5) is 0 Å². The van der Waals surface area contributed by atoms with Crippen LogP contribution in [0.15, 0.2) is 24.3 Å². The summed E-state index contributed by atoms with van der Waals surface area (Å²) in [6.45, 7) is 8.36. The number of nitrogens with two attached hydrogens (primary N) is 1. The van der Waals surface area contributed by atoms with E-state index in [4.69, 9.17) is 5.73 Å². The quantitative estimate of drug-likeness (QED) is 0.900. The van der Waals surface area contributed by atoms with Crippen LogP contribution in [0.2, 0.25) is 0 Å². The van der Waals surface area contributed by atoms with Crippen molar-refractivity contribution in [3.8, 4) is 0 Å². The molecule has 1 aromatic carbocycles. The fourth-order valence-corrected chi connectivity index (χ4v) is 3.06. The standard InChI is InChI=1S/C17H27N3O/c1-3-6-15(13-18)19-9-11-20(12-10-19)17(21)16-8-5-4-7-14(16)2/h4-5,7-8,15H,3,6,9-13,18H2,1-2H3. The molecule has 116 valence electrons. The number of rotatable bonds is 5. The number of carbonyl (C=O) groups excluding carboxylic acids is 1. The largest absolute Gasteiger partial charge is 0.336 e. The molecule has 1 atom stereocenters. The SMILES string of the molecule is CCCC(CN)N1CCN(C(=O)c2ccccc2C)CC1. The zero-order valence-electron chi connectivity index (χ0n) is 13.2. The molecule has 21 heavy (non-hydrogen) atoms. The number of amides is 1. The van der Waals surface area contributed by atoms with E-state index in [9.17, 15) is 4.79 Å². The average Bonchev–Trinajstić information content (AvgIpc) is 2.52. The molecule has 0 saturated carbocycles. The summed E-state index contributed by atoms with van der Waals surface area (Å²) in [6, 6.07) is 8.28. The van der Waals surface area contributed by atoms with E-state index in [1.165, 1.54) is 0 Å². The zero-order chi connectivity index (χ0) is 15.2. The van der Waals surface area contributed by atoms with Gasteiger partial charge in [-0.15, -0.1) is 0 Å². The van der Waals surface area contributed by atoms with Gasteiger partial charge in [0.1, 0.15) is 0 Å². The molecular weight excluding hydrogens is 262 g/mol. The minimum absolute atomic E-state index is 0.160. The lowest BCUT2D eigenvalue weighted by molar-refractivity contribution is 0.0565. The Kier molecular flexibility index (Phi) is 5.76. The predicted molar refractivity (Wildman–Crippen MR) is 86.4 cm³/mol. The summed E-state index contributed by atoms with van der Waals surface area (Å²) in [5, 5.41) is 0. The summed E-state index contributed by atoms with van der Waals surface area (Å²) < 4.78 is 0. The Morgan fingerprint density at radius 2 is 1.90 bits per heavy atom. The van der Waals surface area contributed by atoms with E-state index in [0.29, 0.717) is 12.6 Å². The second kappa shape index (κ2) is 7.57. The van der Waals surface area contributed by atoms with Crippen molar-refractivity contribution >= 4 is 5.91 Å². The number of aryl methyl sites for hydroxylation is 1. The average molecular weight is 289 g/mol. The van der Waals surface area contributed by atoms with Crippen molar-refractivity contribution in [1.29, 1.82) is 0 Å². The Balaban J connectivity index is 1.95. The first kappa shape index (κ1) is 16.0. The highest BCUT2D eigenvalue weighted by atomic mass is 16.2. The topological polar surface area (TPSA) is 49.6 Å². The summed E-state index contributed by atoms with van der Waals surface area (Å²) in [6.07, 6.45) is 2.30. The van der Waals surface area contributed by atoms with Gasteiger partial charge in [-0.1, -0.05) is 31.5 Å². The molecule has 0 radical (unpaired) electrons. The first-order valence-electron chi connectivity index (χ1n) is 7.96. The highest BCUT2D eigenvalue weighted by molar-refractivity contribution is 5.95. The van der Waals surface area contributed by atoms with Crippen LogP contribution in [0.1, 0.15) is 35.7 Å². The van der Waals surface area contributed by atoms with Gasteiger partial charge in [0.2, 0.25) is 0 Å². The monoisotopic (exact) mass is 289 g/mol. The molecule has 1 aliphatic rings. The van der Waals surface area contributed by atoms with Crippen molar-refractivity contribution in [2.24, 2.45) is 5.73 Å². The molecule has 0 aliphatic carbocycles. The Bertz CT molecular complexity index is 467. The van der Waals surface area contributed by atoms with E-state index in [0.717, 1.165) is 50.1 Å². The second-order valence-corrected chi connectivity index (χ2v) is 5.82. The van der Waals surface area contributed by atoms with Gasteiger partial charge in [0.05, 0.1) is 0 Å². The van der Waals surface area contributed by atoms with Gasteiger partial charge in [0.15, 0.2) is 0 Å². The van der Waals surface area contributed by atoms with Crippen molar-refractivity contribution in [2.75, 3.05) is 32.7 Å². The van der Waals surface area contributed by atoms with Crippen molar-refractivity contribution in [2.45, 2.75) is 32.7 Å². The zero-order valence-corrected chi connectivity index (χ0v) is 13.2. The maximum absolute atomic E-state index is 12.6. The van der Waals surface area contributed by atoms with Gasteiger partial charge in [-0.2, -0.15) is 0 Å². The Morgan fingerprint density at radius 1 is 1.24 bits per heavy atom. The molecule has 1 aromatic rings. The minimum Gasteiger partial charge on any atom is -0.336 e. The number of hydrogen-bond donors (Lipinski definition) is 1. The Hall–Kier alpha value is -1.39. The normalized spacial score (nSPS) is 17.8. The van der Waals surface area contributed by atoms with Crippen LogP contribution in [0, 0.1) is 6.92 Å². The van der Waals surface area contributed by atoms with Crippen molar-refractivity contribution in [3.63, 3.8) is 0 Å². The molecule has 0 spiro atoms. The van der Waals surface area contributed by atoms with E-state index >= 15 is 0 Å². The van der Waals surface area contributed by atoms with Gasteiger partial charge in [0, 0.05) is 44.3 Å². The molecule has 0 aromatic heterocycles. The highest BCUT2D eigenvalue weighted by Crippen LogP contribution is 2.15. The summed E-state index contributed by atoms with van der Waals surface area (Å²) in [5.41, 5.74) is 7.75. The molecule has 4 nitrogen and oxygen atoms in total. The number of carbonyl (C=O) groups is 1. The summed E-state index contributed by atoms with van der Waals surface area (Å²) in [4.78, 5) is 17.0. The maximum Gasteiger partial charge on any atom is 0.254 e. The molecule has 0 bridgehead atoms. The van der Waals surface area contributed by atoms with Gasteiger partial charge >= 0.3 is 0 Å². The van der Waals surface area contributed by atoms with Crippen LogP contribution in [0.5, 0.6) is 0 Å². The van der Waals surface area contributed by atoms with Gasteiger partial charge in [-0.3, -0.25) is 9.69 Å². The third-order valence-electron chi connectivity index (χ3n) is 4.39. The molecule has 1 heterocycles. The Morgan fingerprint density at radius 3 is 2.48 bits per heavy atom. The second-order valence-electron chi connectivity index (χ2n) is 5.82. The molecule has 4 heteroatoms. The first-order chi connectivity index (χ1) is 10.2. The van der Waals surface area contributed by atoms with E-state index in [-0.39, 0.29) is 5.91 Å². The van der Waals surface area contributed by atoms with Crippen molar-refractivity contribution in [1.82, 2.24) is 9.80 Å². The van der Waals surface area contributed by atoms with Crippen LogP contribution in [0.25, 0.3) is 0 Å². The maximum atomic E-state index is 12.6. The molecule has 1 saturated heterocycles. The number of piperazine rings is 1. The lowest BCUT2D eigenvalue weighted by Gasteiger charge is -2.39. The number of nitrogens with zero attached hydrogens (tertiary/aromatic N) is 2. The Labute approximate surface area is 127 Å². The summed E-state index contributed by atoms with van der Waals surface area (Å²) in [7, 11) is 0. The van der Waals surface area contributed by atoms with Crippen LogP contribution in [0.3, 0.4) is 0 Å². The molecule has 1 aliphatic heterocycles. The van der Waals surface area contributed by atoms with Gasteiger partial charge in [-0.25, -0.2) is 0 Å². The molecular formula is C17H27N3O. The van der Waals surface area contributed by atoms with E-state index in [2.05, 4.69) is 11.8 Å². The van der Waals surface area contributed by atoms with Crippen LogP contribution in [-0.4, -0.2) is 54.5 Å². The van der Waals surface area contributed by atoms with Crippen LogP contribution in [-0.2, 0) is 0 Å². The summed E-state index contributed by atoms with van der Waals surface area (Å²) >= 11 is 0. The molecule has 2 rings (SSSR count). The molecule has 1 amide bonds. The molecule has 1 fully saturated rings. The van der Waals surface area contributed by atoms with Crippen molar-refractivity contribution in [3.05, 3.63) is 35.4 Å². The molecule has 1 unspecified atom stereocenters. The third-order valence-corrected chi connectivity index (χ3v) is 4.39. The van der Waals surface area contributed by atoms with Crippen LogP contribution >= 0.6 is 0 Å². The van der Waals surface area contributed by atoms with Crippen LogP contribution < -0.4 is 5.73 Å². The van der Waals surface area contributed by atoms with E-state index < -0.39 is 0 Å². The fraction of sp³-hybridized carbons (Fsp3) is 0.588. The smallest absolute Gasteiger partial charge is 0.254 e. The highest BCUT2D eigenvalue weighted by Gasteiger charge is 2.26. The van der Waals surface area contributed by atoms with E-state index in [1.54, 1.807) is 0 Å². The van der Waals surface area contributed by atoms with E-state index in [1.807, 2.05) is 36.1 Å². The lowest BCUT2D eigenvalue weighted by atomic mass is 10.1. The summed E-state index contributed by atoms with van der Waals surface area (Å²) in [5.74, 6) is 0.160. The lowest BCUT2D eigenvalue weighted by Crippen LogP contribution is -2.53. The number of benzene rings is 1. The van der Waals surface area contributed by atoms with Gasteiger partial charge in [-0.05, 0) is 25.0 Å². The minimum atomic E-state index is 0.160. The molecule has 2 N–H and O–H groups in total.